The molecule has 2 N–H and O–H groups in total. The van der Waals surface area contributed by atoms with Gasteiger partial charge >= 0.3 is 6.03 Å². The Labute approximate surface area is 149 Å². The Morgan fingerprint density at radius 2 is 2.16 bits per heavy atom. The Morgan fingerprint density at radius 3 is 2.88 bits per heavy atom. The van der Waals surface area contributed by atoms with Gasteiger partial charge in [-0.15, -0.1) is 0 Å². The first-order valence-electron chi connectivity index (χ1n) is 9.51. The molecule has 0 radical (unpaired) electrons. The van der Waals surface area contributed by atoms with Crippen molar-refractivity contribution in [2.24, 2.45) is 5.92 Å². The number of carbonyl (C=O) groups is 1. The first kappa shape index (κ1) is 16.7. The number of rotatable bonds is 5. The lowest BCUT2D eigenvalue weighted by atomic mass is 9.64. The Bertz CT molecular complexity index is 629. The lowest BCUT2D eigenvalue weighted by Crippen LogP contribution is -2.60. The summed E-state index contributed by atoms with van der Waals surface area (Å²) in [5.41, 5.74) is 1.23. The summed E-state index contributed by atoms with van der Waals surface area (Å²) in [4.78, 5) is 12.4. The van der Waals surface area contributed by atoms with Gasteiger partial charge < -0.3 is 20.1 Å². The minimum atomic E-state index is -0.0461. The number of hydrogen-bond acceptors (Lipinski definition) is 3. The van der Waals surface area contributed by atoms with Crippen molar-refractivity contribution in [2.45, 2.75) is 56.1 Å². The van der Waals surface area contributed by atoms with Crippen molar-refractivity contribution >= 4 is 6.03 Å². The Kier molecular flexibility index (Phi) is 4.59. The molecule has 4 rings (SSSR count). The average Bonchev–Trinajstić information content (AvgIpc) is 2.59. The molecule has 0 unspecified atom stereocenters. The van der Waals surface area contributed by atoms with E-state index in [4.69, 9.17) is 9.47 Å². The smallest absolute Gasteiger partial charge is 0.315 e. The Balaban J connectivity index is 1.34. The second-order valence-corrected chi connectivity index (χ2v) is 7.72. The molecule has 2 amide bonds. The molecule has 3 atom stereocenters. The highest BCUT2D eigenvalue weighted by Gasteiger charge is 2.45. The zero-order valence-electron chi connectivity index (χ0n) is 14.9. The molecule has 25 heavy (non-hydrogen) atoms. The first-order valence-corrected chi connectivity index (χ1v) is 9.51. The third-order valence-corrected chi connectivity index (χ3v) is 6.39. The number of benzene rings is 1. The minimum absolute atomic E-state index is 0.0139. The van der Waals surface area contributed by atoms with Crippen LogP contribution in [-0.4, -0.2) is 38.4 Å². The van der Waals surface area contributed by atoms with Crippen molar-refractivity contribution in [1.29, 1.82) is 0 Å². The molecule has 0 spiro atoms. The molecule has 2 saturated carbocycles. The fourth-order valence-corrected chi connectivity index (χ4v) is 4.66. The maximum atomic E-state index is 12.4. The molecule has 2 aliphatic carbocycles. The van der Waals surface area contributed by atoms with Crippen molar-refractivity contribution in [1.82, 2.24) is 10.6 Å². The topological polar surface area (TPSA) is 59.6 Å². The predicted octanol–water partition coefficient (Wildman–Crippen LogP) is 2.98. The zero-order valence-corrected chi connectivity index (χ0v) is 14.9. The van der Waals surface area contributed by atoms with Gasteiger partial charge in [0, 0.05) is 36.1 Å². The van der Waals surface area contributed by atoms with Crippen LogP contribution in [0.2, 0.25) is 0 Å². The molecule has 1 aliphatic heterocycles. The summed E-state index contributed by atoms with van der Waals surface area (Å²) >= 11 is 0. The van der Waals surface area contributed by atoms with Gasteiger partial charge in [-0.3, -0.25) is 0 Å². The van der Waals surface area contributed by atoms with Gasteiger partial charge in [-0.2, -0.15) is 0 Å². The molecule has 136 valence electrons. The maximum Gasteiger partial charge on any atom is 0.315 e. The summed E-state index contributed by atoms with van der Waals surface area (Å²) in [7, 11) is 1.71. The number of hydrogen-bond donors (Lipinski definition) is 2. The third-order valence-electron chi connectivity index (χ3n) is 6.39. The van der Waals surface area contributed by atoms with E-state index in [1.54, 1.807) is 7.11 Å². The largest absolute Gasteiger partial charge is 0.496 e. The second-order valence-electron chi connectivity index (χ2n) is 7.72. The number of methoxy groups -OCH3 is 1. The highest BCUT2D eigenvalue weighted by molar-refractivity contribution is 5.74. The van der Waals surface area contributed by atoms with Crippen LogP contribution >= 0.6 is 0 Å². The van der Waals surface area contributed by atoms with E-state index in [0.29, 0.717) is 18.6 Å². The molecule has 0 bridgehead atoms. The molecular weight excluding hydrogens is 316 g/mol. The van der Waals surface area contributed by atoms with Crippen LogP contribution in [0.4, 0.5) is 4.79 Å². The molecule has 1 heterocycles. The second kappa shape index (κ2) is 6.87. The summed E-state index contributed by atoms with van der Waals surface area (Å²) in [6, 6.07) is 8.41. The van der Waals surface area contributed by atoms with Crippen molar-refractivity contribution in [3.63, 3.8) is 0 Å². The van der Waals surface area contributed by atoms with E-state index < -0.39 is 0 Å². The van der Waals surface area contributed by atoms with Gasteiger partial charge in [0.2, 0.25) is 0 Å². The molecule has 1 aromatic rings. The predicted molar refractivity (Wildman–Crippen MR) is 95.9 cm³/mol. The summed E-state index contributed by atoms with van der Waals surface area (Å²) in [6.07, 6.45) is 6.98. The Morgan fingerprint density at radius 1 is 1.32 bits per heavy atom. The van der Waals surface area contributed by atoms with Crippen LogP contribution in [0.5, 0.6) is 5.75 Å². The van der Waals surface area contributed by atoms with Gasteiger partial charge in [0.15, 0.2) is 0 Å². The minimum Gasteiger partial charge on any atom is -0.496 e. The maximum absolute atomic E-state index is 12.4. The number of nitrogens with one attached hydrogen (secondary N) is 2. The summed E-state index contributed by atoms with van der Waals surface area (Å²) in [6.45, 7) is 1.54. The van der Waals surface area contributed by atoms with Crippen LogP contribution in [0.15, 0.2) is 24.3 Å². The summed E-state index contributed by atoms with van der Waals surface area (Å²) in [5, 5.41) is 6.28. The number of amides is 2. The van der Waals surface area contributed by atoms with E-state index in [0.717, 1.165) is 38.0 Å². The molecule has 5 nitrogen and oxygen atoms in total. The number of urea groups is 1. The van der Waals surface area contributed by atoms with Gasteiger partial charge in [0.1, 0.15) is 5.75 Å². The lowest BCUT2D eigenvalue weighted by Gasteiger charge is -2.47. The summed E-state index contributed by atoms with van der Waals surface area (Å²) in [5.74, 6) is 1.43. The summed E-state index contributed by atoms with van der Waals surface area (Å²) < 4.78 is 11.3. The van der Waals surface area contributed by atoms with Gasteiger partial charge in [0.25, 0.3) is 0 Å². The molecule has 1 saturated heterocycles. The highest BCUT2D eigenvalue weighted by Crippen LogP contribution is 2.46. The van der Waals surface area contributed by atoms with E-state index >= 15 is 0 Å². The average molecular weight is 344 g/mol. The van der Waals surface area contributed by atoms with Crippen molar-refractivity contribution < 1.29 is 14.3 Å². The Hall–Kier alpha value is -1.75. The lowest BCUT2D eigenvalue weighted by molar-refractivity contribution is -0.0999. The SMILES string of the molecule is COc1ccccc1C1(CNC(=O)N[C@@H]2C[C@H]3OCCC[C@@H]23)CCC1. The van der Waals surface area contributed by atoms with E-state index in [-0.39, 0.29) is 17.5 Å². The standard InChI is InChI=1S/C20H28N2O3/c1-24-17-8-3-2-7-15(17)20(9-5-10-20)13-21-19(23)22-16-12-18-14(16)6-4-11-25-18/h2-3,7-8,14,16,18H,4-6,9-13H2,1H3,(H2,21,22,23)/t14-,16+,18+/m0/s1. The van der Waals surface area contributed by atoms with Crippen LogP contribution in [0.3, 0.4) is 0 Å². The first-order chi connectivity index (χ1) is 12.2. The number of ether oxygens (including phenoxy) is 2. The number of para-hydroxylation sites is 1. The van der Waals surface area contributed by atoms with Crippen molar-refractivity contribution in [3.8, 4) is 5.75 Å². The molecule has 3 fully saturated rings. The van der Waals surface area contributed by atoms with Crippen LogP contribution < -0.4 is 15.4 Å². The monoisotopic (exact) mass is 344 g/mol. The molecule has 3 aliphatic rings. The van der Waals surface area contributed by atoms with Crippen LogP contribution in [0.25, 0.3) is 0 Å². The quantitative estimate of drug-likeness (QED) is 0.863. The molecule has 1 aromatic carbocycles. The van der Waals surface area contributed by atoms with Crippen LogP contribution in [0, 0.1) is 5.92 Å². The molecule has 5 heteroatoms. The fourth-order valence-electron chi connectivity index (χ4n) is 4.66. The van der Waals surface area contributed by atoms with Gasteiger partial charge in [0.05, 0.1) is 13.2 Å². The van der Waals surface area contributed by atoms with E-state index in [1.165, 1.54) is 18.4 Å². The van der Waals surface area contributed by atoms with Gasteiger partial charge in [-0.05, 0) is 38.2 Å². The fraction of sp³-hybridized carbons (Fsp3) is 0.650. The third kappa shape index (κ3) is 3.10. The molecular formula is C20H28N2O3. The van der Waals surface area contributed by atoms with E-state index in [1.807, 2.05) is 12.1 Å². The van der Waals surface area contributed by atoms with Crippen LogP contribution in [-0.2, 0) is 10.2 Å². The van der Waals surface area contributed by atoms with Crippen LogP contribution in [0.1, 0.15) is 44.1 Å². The normalized spacial score (nSPS) is 29.6. The van der Waals surface area contributed by atoms with Crippen molar-refractivity contribution in [3.05, 3.63) is 29.8 Å². The number of carbonyl (C=O) groups excluding carboxylic acids is 1. The van der Waals surface area contributed by atoms with E-state index in [2.05, 4.69) is 22.8 Å². The number of fused-ring (bicyclic) bond motifs is 1. The van der Waals surface area contributed by atoms with E-state index in [9.17, 15) is 4.79 Å². The van der Waals surface area contributed by atoms with Gasteiger partial charge in [-0.1, -0.05) is 24.6 Å². The van der Waals surface area contributed by atoms with Crippen molar-refractivity contribution in [2.75, 3.05) is 20.3 Å². The van der Waals surface area contributed by atoms with Gasteiger partial charge in [-0.25, -0.2) is 4.79 Å². The zero-order chi connectivity index (χ0) is 17.3. The highest BCUT2D eigenvalue weighted by atomic mass is 16.5. The molecule has 0 aromatic heterocycles.